The Bertz CT molecular complexity index is 660. The summed E-state index contributed by atoms with van der Waals surface area (Å²) >= 11 is 0. The van der Waals surface area contributed by atoms with Crippen molar-refractivity contribution in [3.63, 3.8) is 0 Å². The van der Waals surface area contributed by atoms with Crippen LogP contribution in [0.1, 0.15) is 30.4 Å². The molecular weight excluding hydrogens is 290 g/mol. The number of carbonyl (C=O) groups excluding carboxylic acids is 1. The molecule has 1 atom stereocenters. The Morgan fingerprint density at radius 3 is 3.13 bits per heavy atom. The van der Waals surface area contributed by atoms with Crippen LogP contribution < -0.4 is 5.32 Å². The summed E-state index contributed by atoms with van der Waals surface area (Å²) in [5.74, 6) is -0.0240. The van der Waals surface area contributed by atoms with Crippen LogP contribution in [0.25, 0.3) is 0 Å². The van der Waals surface area contributed by atoms with Gasteiger partial charge in [-0.3, -0.25) is 9.48 Å². The summed E-state index contributed by atoms with van der Waals surface area (Å²) in [4.78, 5) is 12.1. The number of rotatable bonds is 5. The van der Waals surface area contributed by atoms with E-state index in [1.807, 2.05) is 42.1 Å². The van der Waals surface area contributed by atoms with Gasteiger partial charge in [0.1, 0.15) is 0 Å². The first-order valence-electron chi connectivity index (χ1n) is 8.18. The van der Waals surface area contributed by atoms with Crippen molar-refractivity contribution < 1.29 is 9.53 Å². The highest BCUT2D eigenvalue weighted by Crippen LogP contribution is 2.15. The third-order valence-corrected chi connectivity index (χ3v) is 4.03. The van der Waals surface area contributed by atoms with E-state index < -0.39 is 0 Å². The molecule has 5 nitrogen and oxygen atoms in total. The lowest BCUT2D eigenvalue weighted by molar-refractivity contribution is -0.115. The fraction of sp³-hybridized carbons (Fsp3) is 0.444. The molecule has 1 aromatic heterocycles. The second-order valence-electron chi connectivity index (χ2n) is 6.15. The number of ether oxygens (including phenoxy) is 1. The summed E-state index contributed by atoms with van der Waals surface area (Å²) < 4.78 is 7.56. The van der Waals surface area contributed by atoms with Crippen LogP contribution in [0.2, 0.25) is 0 Å². The quantitative estimate of drug-likeness (QED) is 0.923. The van der Waals surface area contributed by atoms with Crippen LogP contribution in [-0.4, -0.2) is 28.4 Å². The summed E-state index contributed by atoms with van der Waals surface area (Å²) in [6.07, 6.45) is 7.61. The Morgan fingerprint density at radius 1 is 1.43 bits per heavy atom. The number of hydrogen-bond acceptors (Lipinski definition) is 3. The number of benzene rings is 1. The lowest BCUT2D eigenvalue weighted by atomic mass is 10.1. The maximum absolute atomic E-state index is 12.1. The first kappa shape index (κ1) is 15.7. The standard InChI is InChI=1S/C18H23N3O2/c1-14-5-4-6-15(9-14)10-18(22)20-16-11-19-21(12-16)13-17-7-2-3-8-23-17/h4-6,9,11-12,17H,2-3,7-8,10,13H2,1H3,(H,20,22). The minimum Gasteiger partial charge on any atom is -0.376 e. The minimum atomic E-state index is -0.0240. The predicted octanol–water partition coefficient (Wildman–Crippen LogP) is 2.94. The molecule has 1 saturated heterocycles. The van der Waals surface area contributed by atoms with Crippen molar-refractivity contribution in [3.8, 4) is 0 Å². The number of nitrogens with one attached hydrogen (secondary N) is 1. The molecule has 1 aromatic carbocycles. The van der Waals surface area contributed by atoms with Gasteiger partial charge < -0.3 is 10.1 Å². The van der Waals surface area contributed by atoms with E-state index in [2.05, 4.69) is 10.4 Å². The van der Waals surface area contributed by atoms with E-state index in [9.17, 15) is 4.79 Å². The van der Waals surface area contributed by atoms with E-state index in [0.29, 0.717) is 6.42 Å². The molecule has 5 heteroatoms. The highest BCUT2D eigenvalue weighted by Gasteiger charge is 2.15. The average molecular weight is 313 g/mol. The van der Waals surface area contributed by atoms with E-state index in [0.717, 1.165) is 42.8 Å². The zero-order chi connectivity index (χ0) is 16.1. The van der Waals surface area contributed by atoms with Crippen LogP contribution in [0.4, 0.5) is 5.69 Å². The number of amides is 1. The fourth-order valence-corrected chi connectivity index (χ4v) is 2.90. The molecule has 2 aromatic rings. The zero-order valence-electron chi connectivity index (χ0n) is 13.5. The van der Waals surface area contributed by atoms with Crippen LogP contribution in [0.15, 0.2) is 36.7 Å². The number of aryl methyl sites for hydroxylation is 1. The second-order valence-corrected chi connectivity index (χ2v) is 6.15. The van der Waals surface area contributed by atoms with E-state index in [-0.39, 0.29) is 12.0 Å². The number of aromatic nitrogens is 2. The van der Waals surface area contributed by atoms with E-state index in [1.54, 1.807) is 6.20 Å². The van der Waals surface area contributed by atoms with Gasteiger partial charge in [-0.2, -0.15) is 5.10 Å². The Balaban J connectivity index is 1.52. The minimum absolute atomic E-state index is 0.0240. The van der Waals surface area contributed by atoms with Crippen molar-refractivity contribution >= 4 is 11.6 Å². The highest BCUT2D eigenvalue weighted by atomic mass is 16.5. The first-order valence-corrected chi connectivity index (χ1v) is 8.18. The molecule has 1 unspecified atom stereocenters. The molecule has 0 spiro atoms. The summed E-state index contributed by atoms with van der Waals surface area (Å²) in [5.41, 5.74) is 2.92. The van der Waals surface area contributed by atoms with Gasteiger partial charge in [-0.1, -0.05) is 29.8 Å². The maximum Gasteiger partial charge on any atom is 0.228 e. The topological polar surface area (TPSA) is 56.2 Å². The normalized spacial score (nSPS) is 17.9. The molecule has 1 aliphatic rings. The van der Waals surface area contributed by atoms with Gasteiger partial charge in [0.25, 0.3) is 0 Å². The molecule has 1 N–H and O–H groups in total. The fourth-order valence-electron chi connectivity index (χ4n) is 2.90. The largest absolute Gasteiger partial charge is 0.376 e. The monoisotopic (exact) mass is 313 g/mol. The third kappa shape index (κ3) is 4.66. The van der Waals surface area contributed by atoms with Gasteiger partial charge in [-0.25, -0.2) is 0 Å². The van der Waals surface area contributed by atoms with Gasteiger partial charge in [0, 0.05) is 12.8 Å². The van der Waals surface area contributed by atoms with E-state index >= 15 is 0 Å². The van der Waals surface area contributed by atoms with Crippen molar-refractivity contribution in [2.24, 2.45) is 0 Å². The average Bonchev–Trinajstić information content (AvgIpc) is 2.95. The number of nitrogens with zero attached hydrogens (tertiary/aromatic N) is 2. The van der Waals surface area contributed by atoms with Gasteiger partial charge in [0.2, 0.25) is 5.91 Å². The second kappa shape index (κ2) is 7.42. The van der Waals surface area contributed by atoms with Crippen LogP contribution >= 0.6 is 0 Å². The summed E-state index contributed by atoms with van der Waals surface area (Å²) in [5, 5.41) is 7.21. The molecule has 1 amide bonds. The van der Waals surface area contributed by atoms with Gasteiger partial charge in [0.05, 0.1) is 31.0 Å². The van der Waals surface area contributed by atoms with Crippen molar-refractivity contribution in [2.45, 2.75) is 45.3 Å². The number of hydrogen-bond donors (Lipinski definition) is 1. The highest BCUT2D eigenvalue weighted by molar-refractivity contribution is 5.91. The van der Waals surface area contributed by atoms with Crippen LogP contribution in [-0.2, 0) is 22.5 Å². The molecule has 0 aliphatic carbocycles. The predicted molar refractivity (Wildman–Crippen MR) is 89.3 cm³/mol. The Hall–Kier alpha value is -2.14. The van der Waals surface area contributed by atoms with Crippen molar-refractivity contribution in [1.82, 2.24) is 9.78 Å². The number of anilines is 1. The molecule has 0 radical (unpaired) electrons. The molecule has 122 valence electrons. The number of carbonyl (C=O) groups is 1. The van der Waals surface area contributed by atoms with Crippen LogP contribution in [0.3, 0.4) is 0 Å². The maximum atomic E-state index is 12.1. The summed E-state index contributed by atoms with van der Waals surface area (Å²) in [7, 11) is 0. The molecule has 2 heterocycles. The van der Waals surface area contributed by atoms with Crippen molar-refractivity contribution in [2.75, 3.05) is 11.9 Å². The Kier molecular flexibility index (Phi) is 5.08. The molecule has 23 heavy (non-hydrogen) atoms. The molecule has 1 fully saturated rings. The smallest absolute Gasteiger partial charge is 0.228 e. The van der Waals surface area contributed by atoms with Gasteiger partial charge in [-0.15, -0.1) is 0 Å². The molecule has 1 aliphatic heterocycles. The Morgan fingerprint density at radius 2 is 2.35 bits per heavy atom. The zero-order valence-corrected chi connectivity index (χ0v) is 13.5. The summed E-state index contributed by atoms with van der Waals surface area (Å²) in [6.45, 7) is 3.61. The lowest BCUT2D eigenvalue weighted by Crippen LogP contribution is -2.24. The summed E-state index contributed by atoms with van der Waals surface area (Å²) in [6, 6.07) is 8.00. The van der Waals surface area contributed by atoms with Crippen LogP contribution in [0.5, 0.6) is 0 Å². The van der Waals surface area contributed by atoms with Crippen molar-refractivity contribution in [1.29, 1.82) is 0 Å². The lowest BCUT2D eigenvalue weighted by Gasteiger charge is -2.22. The van der Waals surface area contributed by atoms with Crippen LogP contribution in [0, 0.1) is 6.92 Å². The molecular formula is C18H23N3O2. The van der Waals surface area contributed by atoms with Gasteiger partial charge in [0.15, 0.2) is 0 Å². The SMILES string of the molecule is Cc1cccc(CC(=O)Nc2cnn(CC3CCCCO3)c2)c1. The van der Waals surface area contributed by atoms with Gasteiger partial charge >= 0.3 is 0 Å². The molecule has 3 rings (SSSR count). The Labute approximate surface area is 136 Å². The molecule has 0 saturated carbocycles. The van der Waals surface area contributed by atoms with E-state index in [4.69, 9.17) is 4.74 Å². The van der Waals surface area contributed by atoms with Gasteiger partial charge in [-0.05, 0) is 31.7 Å². The first-order chi connectivity index (χ1) is 11.2. The molecule has 0 bridgehead atoms. The van der Waals surface area contributed by atoms with E-state index in [1.165, 1.54) is 6.42 Å². The third-order valence-electron chi connectivity index (χ3n) is 4.03. The van der Waals surface area contributed by atoms with Crippen molar-refractivity contribution in [3.05, 3.63) is 47.8 Å².